The van der Waals surface area contributed by atoms with Gasteiger partial charge in [0.1, 0.15) is 17.3 Å². The monoisotopic (exact) mass is 409 g/mol. The van der Waals surface area contributed by atoms with Crippen LogP contribution in [-0.2, 0) is 4.74 Å². The predicted molar refractivity (Wildman–Crippen MR) is 111 cm³/mol. The highest BCUT2D eigenvalue weighted by molar-refractivity contribution is 5.94. The molecular formula is C23H24FN3O3. The Balaban J connectivity index is 1.76. The van der Waals surface area contributed by atoms with Crippen molar-refractivity contribution in [3.63, 3.8) is 0 Å². The van der Waals surface area contributed by atoms with Crippen molar-refractivity contribution in [2.75, 3.05) is 20.2 Å². The first-order valence-electron chi connectivity index (χ1n) is 9.90. The molecule has 1 amide bonds. The largest absolute Gasteiger partial charge is 0.497 e. The van der Waals surface area contributed by atoms with Crippen LogP contribution in [-0.4, -0.2) is 53.0 Å². The van der Waals surface area contributed by atoms with Crippen LogP contribution in [0.15, 0.2) is 54.6 Å². The van der Waals surface area contributed by atoms with E-state index in [4.69, 9.17) is 9.47 Å². The van der Waals surface area contributed by atoms with E-state index < -0.39 is 0 Å². The SMILES string of the molecule is COc1ccc(-n2nc(-c3ccc(F)cc3)cc2C(=O)N2CC(C)OC(C)C2)cc1. The molecule has 2 atom stereocenters. The third-order valence-electron chi connectivity index (χ3n) is 5.09. The maximum Gasteiger partial charge on any atom is 0.272 e. The van der Waals surface area contributed by atoms with Crippen LogP contribution in [0.4, 0.5) is 4.39 Å². The summed E-state index contributed by atoms with van der Waals surface area (Å²) < 4.78 is 26.0. The van der Waals surface area contributed by atoms with Gasteiger partial charge in [-0.3, -0.25) is 4.79 Å². The molecule has 0 aliphatic carbocycles. The highest BCUT2D eigenvalue weighted by Crippen LogP contribution is 2.25. The Kier molecular flexibility index (Phi) is 5.55. The van der Waals surface area contributed by atoms with E-state index >= 15 is 0 Å². The number of ether oxygens (including phenoxy) is 2. The lowest BCUT2D eigenvalue weighted by Crippen LogP contribution is -2.48. The number of hydrogen-bond donors (Lipinski definition) is 0. The summed E-state index contributed by atoms with van der Waals surface area (Å²) in [5.41, 5.74) is 2.52. The van der Waals surface area contributed by atoms with Gasteiger partial charge < -0.3 is 14.4 Å². The summed E-state index contributed by atoms with van der Waals surface area (Å²) in [5, 5.41) is 4.66. The van der Waals surface area contributed by atoms with Crippen molar-refractivity contribution < 1.29 is 18.7 Å². The number of halogens is 1. The Morgan fingerprint density at radius 3 is 2.30 bits per heavy atom. The van der Waals surface area contributed by atoms with Gasteiger partial charge in [0, 0.05) is 18.7 Å². The molecule has 7 heteroatoms. The van der Waals surface area contributed by atoms with Gasteiger partial charge in [-0.25, -0.2) is 9.07 Å². The predicted octanol–water partition coefficient (Wildman–Crippen LogP) is 3.94. The zero-order valence-corrected chi connectivity index (χ0v) is 17.2. The number of morpholine rings is 1. The summed E-state index contributed by atoms with van der Waals surface area (Å²) in [6.07, 6.45) is -0.0711. The standard InChI is InChI=1S/C23H24FN3O3/c1-15-13-26(14-16(2)30-15)23(28)22-12-21(17-4-6-18(24)7-5-17)25-27(22)19-8-10-20(29-3)11-9-19/h4-12,15-16H,13-14H2,1-3H3. The third-order valence-corrected chi connectivity index (χ3v) is 5.09. The van der Waals surface area contributed by atoms with Crippen molar-refractivity contribution in [2.45, 2.75) is 26.1 Å². The molecule has 156 valence electrons. The van der Waals surface area contributed by atoms with Gasteiger partial charge in [0.05, 0.1) is 30.7 Å². The second-order valence-corrected chi connectivity index (χ2v) is 7.50. The molecule has 2 heterocycles. The minimum atomic E-state index is -0.319. The first-order chi connectivity index (χ1) is 14.4. The number of amides is 1. The van der Waals surface area contributed by atoms with E-state index in [2.05, 4.69) is 5.10 Å². The summed E-state index contributed by atoms with van der Waals surface area (Å²) in [5.74, 6) is 0.281. The Bertz CT molecular complexity index is 1020. The van der Waals surface area contributed by atoms with Crippen molar-refractivity contribution >= 4 is 5.91 Å². The van der Waals surface area contributed by atoms with Gasteiger partial charge in [-0.2, -0.15) is 5.10 Å². The molecule has 1 saturated heterocycles. The van der Waals surface area contributed by atoms with Crippen molar-refractivity contribution in [1.29, 1.82) is 0 Å². The fourth-order valence-electron chi connectivity index (χ4n) is 3.72. The van der Waals surface area contributed by atoms with Crippen molar-refractivity contribution in [3.8, 4) is 22.7 Å². The summed E-state index contributed by atoms with van der Waals surface area (Å²) in [7, 11) is 1.60. The van der Waals surface area contributed by atoms with Crippen LogP contribution in [0.5, 0.6) is 5.75 Å². The lowest BCUT2D eigenvalue weighted by atomic mass is 10.1. The molecule has 2 unspecified atom stereocenters. The second kappa shape index (κ2) is 8.28. The molecule has 30 heavy (non-hydrogen) atoms. The summed E-state index contributed by atoms with van der Waals surface area (Å²) in [6.45, 7) is 4.95. The average Bonchev–Trinajstić information content (AvgIpc) is 3.18. The van der Waals surface area contributed by atoms with Gasteiger partial charge in [0.15, 0.2) is 0 Å². The van der Waals surface area contributed by atoms with Gasteiger partial charge in [0.2, 0.25) is 0 Å². The molecule has 1 aliphatic rings. The maximum absolute atomic E-state index is 13.4. The van der Waals surface area contributed by atoms with Crippen molar-refractivity contribution in [1.82, 2.24) is 14.7 Å². The zero-order chi connectivity index (χ0) is 21.3. The zero-order valence-electron chi connectivity index (χ0n) is 17.2. The molecule has 1 aromatic heterocycles. The highest BCUT2D eigenvalue weighted by atomic mass is 19.1. The Hall–Kier alpha value is -3.19. The Labute approximate surface area is 174 Å². The van der Waals surface area contributed by atoms with Crippen LogP contribution in [0.1, 0.15) is 24.3 Å². The Morgan fingerprint density at radius 2 is 1.70 bits per heavy atom. The number of hydrogen-bond acceptors (Lipinski definition) is 4. The van der Waals surface area contributed by atoms with Crippen LogP contribution in [0, 0.1) is 5.82 Å². The van der Waals surface area contributed by atoms with Crippen LogP contribution < -0.4 is 4.74 Å². The fourth-order valence-corrected chi connectivity index (χ4v) is 3.72. The van der Waals surface area contributed by atoms with Crippen LogP contribution in [0.25, 0.3) is 16.9 Å². The molecule has 3 aromatic rings. The van der Waals surface area contributed by atoms with E-state index in [9.17, 15) is 9.18 Å². The van der Waals surface area contributed by atoms with Gasteiger partial charge >= 0.3 is 0 Å². The molecule has 0 bridgehead atoms. The molecule has 0 saturated carbocycles. The number of methoxy groups -OCH3 is 1. The van der Waals surface area contributed by atoms with E-state index in [0.717, 1.165) is 11.3 Å². The quantitative estimate of drug-likeness (QED) is 0.655. The van der Waals surface area contributed by atoms with Crippen LogP contribution >= 0.6 is 0 Å². The topological polar surface area (TPSA) is 56.6 Å². The molecule has 1 aliphatic heterocycles. The molecule has 6 nitrogen and oxygen atoms in total. The minimum absolute atomic E-state index is 0.0355. The third kappa shape index (κ3) is 4.07. The van der Waals surface area contributed by atoms with Crippen molar-refractivity contribution in [2.24, 2.45) is 0 Å². The number of carbonyl (C=O) groups excluding carboxylic acids is 1. The van der Waals surface area contributed by atoms with Crippen LogP contribution in [0.2, 0.25) is 0 Å². The van der Waals surface area contributed by atoms with Gasteiger partial charge in [-0.05, 0) is 68.4 Å². The fraction of sp³-hybridized carbons (Fsp3) is 0.304. The van der Waals surface area contributed by atoms with Gasteiger partial charge in [-0.15, -0.1) is 0 Å². The summed E-state index contributed by atoms with van der Waals surface area (Å²) >= 11 is 0. The summed E-state index contributed by atoms with van der Waals surface area (Å²) in [4.78, 5) is 15.2. The minimum Gasteiger partial charge on any atom is -0.497 e. The molecule has 1 fully saturated rings. The molecule has 0 N–H and O–H groups in total. The van der Waals surface area contributed by atoms with E-state index in [1.165, 1.54) is 12.1 Å². The highest BCUT2D eigenvalue weighted by Gasteiger charge is 2.29. The normalized spacial score (nSPS) is 19.0. The molecular weight excluding hydrogens is 385 g/mol. The molecule has 2 aromatic carbocycles. The molecule has 4 rings (SSSR count). The van der Waals surface area contributed by atoms with Gasteiger partial charge in [-0.1, -0.05) is 0 Å². The van der Waals surface area contributed by atoms with Gasteiger partial charge in [0.25, 0.3) is 5.91 Å². The molecule has 0 radical (unpaired) electrons. The first-order valence-corrected chi connectivity index (χ1v) is 9.90. The number of aromatic nitrogens is 2. The molecule has 0 spiro atoms. The maximum atomic E-state index is 13.4. The lowest BCUT2D eigenvalue weighted by Gasteiger charge is -2.35. The van der Waals surface area contributed by atoms with Crippen LogP contribution in [0.3, 0.4) is 0 Å². The van der Waals surface area contributed by atoms with E-state index in [-0.39, 0.29) is 23.9 Å². The second-order valence-electron chi connectivity index (χ2n) is 7.50. The van der Waals surface area contributed by atoms with Crippen molar-refractivity contribution in [3.05, 3.63) is 66.1 Å². The number of rotatable bonds is 4. The number of carbonyl (C=O) groups is 1. The number of benzene rings is 2. The lowest BCUT2D eigenvalue weighted by molar-refractivity contribution is -0.0588. The Morgan fingerprint density at radius 1 is 1.07 bits per heavy atom. The first kappa shape index (κ1) is 20.1. The van der Waals surface area contributed by atoms with E-state index in [0.29, 0.717) is 30.2 Å². The van der Waals surface area contributed by atoms with E-state index in [1.807, 2.05) is 38.1 Å². The smallest absolute Gasteiger partial charge is 0.272 e. The average molecular weight is 409 g/mol. The summed E-state index contributed by atoms with van der Waals surface area (Å²) in [6, 6.07) is 15.2. The number of nitrogens with zero attached hydrogens (tertiary/aromatic N) is 3. The van der Waals surface area contributed by atoms with E-state index in [1.54, 1.807) is 34.9 Å².